The Labute approximate surface area is 112 Å². The molecule has 0 amide bonds. The third kappa shape index (κ3) is 2.36. The first-order valence-electron chi connectivity index (χ1n) is 6.15. The maximum Gasteiger partial charge on any atom is 0.195 e. The normalized spacial score (nSPS) is 11.7. The van der Waals surface area contributed by atoms with E-state index >= 15 is 0 Å². The Morgan fingerprint density at radius 1 is 1.39 bits per heavy atom. The molecule has 0 bridgehead atoms. The summed E-state index contributed by atoms with van der Waals surface area (Å²) in [7, 11) is 0. The van der Waals surface area contributed by atoms with E-state index in [1.807, 2.05) is 18.2 Å². The van der Waals surface area contributed by atoms with Crippen molar-refractivity contribution < 1.29 is 0 Å². The van der Waals surface area contributed by atoms with Gasteiger partial charge >= 0.3 is 0 Å². The number of H-pyrrole nitrogens is 1. The Kier molecular flexibility index (Phi) is 3.61. The van der Waals surface area contributed by atoms with Crippen LogP contribution in [-0.2, 0) is 5.54 Å². The zero-order chi connectivity index (χ0) is 13.2. The first-order chi connectivity index (χ1) is 8.56. The van der Waals surface area contributed by atoms with Crippen molar-refractivity contribution in [1.29, 1.82) is 0 Å². The van der Waals surface area contributed by atoms with Crippen LogP contribution in [0.3, 0.4) is 0 Å². The molecule has 2 aromatic heterocycles. The summed E-state index contributed by atoms with van der Waals surface area (Å²) in [6.45, 7) is 6.52. The number of pyridine rings is 1. The van der Waals surface area contributed by atoms with Gasteiger partial charge in [0.15, 0.2) is 10.6 Å². The van der Waals surface area contributed by atoms with Gasteiger partial charge in [0, 0.05) is 11.7 Å². The van der Waals surface area contributed by atoms with Crippen LogP contribution in [0.25, 0.3) is 11.5 Å². The Balaban J connectivity index is 2.56. The molecule has 0 aliphatic heterocycles. The molecular formula is C13H18N4S. The van der Waals surface area contributed by atoms with Crippen molar-refractivity contribution in [3.8, 4) is 11.5 Å². The molecule has 0 radical (unpaired) electrons. The maximum absolute atomic E-state index is 5.35. The summed E-state index contributed by atoms with van der Waals surface area (Å²) < 4.78 is 2.71. The van der Waals surface area contributed by atoms with Crippen LogP contribution in [0.4, 0.5) is 0 Å². The highest BCUT2D eigenvalue weighted by Crippen LogP contribution is 2.27. The Hall–Kier alpha value is -1.49. The quantitative estimate of drug-likeness (QED) is 0.857. The monoisotopic (exact) mass is 262 g/mol. The second-order valence-electron chi connectivity index (χ2n) is 4.97. The molecule has 0 aliphatic rings. The van der Waals surface area contributed by atoms with Crippen LogP contribution in [0.2, 0.25) is 0 Å². The molecular weight excluding hydrogens is 244 g/mol. The average Bonchev–Trinajstić information content (AvgIpc) is 2.73. The van der Waals surface area contributed by atoms with Gasteiger partial charge in [-0.25, -0.2) is 0 Å². The van der Waals surface area contributed by atoms with E-state index in [-0.39, 0.29) is 5.54 Å². The van der Waals surface area contributed by atoms with Crippen LogP contribution in [-0.4, -0.2) is 19.7 Å². The van der Waals surface area contributed by atoms with Crippen molar-refractivity contribution in [2.75, 3.05) is 0 Å². The van der Waals surface area contributed by atoms with Crippen molar-refractivity contribution in [2.24, 2.45) is 0 Å². The third-order valence-electron chi connectivity index (χ3n) is 3.03. The van der Waals surface area contributed by atoms with E-state index in [1.165, 1.54) is 0 Å². The van der Waals surface area contributed by atoms with Crippen LogP contribution in [0.1, 0.15) is 33.6 Å². The highest BCUT2D eigenvalue weighted by atomic mass is 32.1. The molecule has 0 saturated carbocycles. The van der Waals surface area contributed by atoms with E-state index in [1.54, 1.807) is 6.20 Å². The average molecular weight is 262 g/mol. The molecule has 18 heavy (non-hydrogen) atoms. The fourth-order valence-electron chi connectivity index (χ4n) is 2.25. The predicted molar refractivity (Wildman–Crippen MR) is 74.9 cm³/mol. The van der Waals surface area contributed by atoms with E-state index in [2.05, 4.69) is 40.5 Å². The van der Waals surface area contributed by atoms with Gasteiger partial charge in [-0.1, -0.05) is 19.4 Å². The van der Waals surface area contributed by atoms with Crippen molar-refractivity contribution in [2.45, 2.75) is 39.2 Å². The van der Waals surface area contributed by atoms with Gasteiger partial charge in [0.1, 0.15) is 5.69 Å². The van der Waals surface area contributed by atoms with E-state index in [0.29, 0.717) is 4.77 Å². The van der Waals surface area contributed by atoms with Gasteiger partial charge in [0.2, 0.25) is 0 Å². The number of nitrogens with one attached hydrogen (secondary N) is 1. The smallest absolute Gasteiger partial charge is 0.195 e. The minimum absolute atomic E-state index is 0.0638. The molecule has 2 aromatic rings. The second kappa shape index (κ2) is 5.02. The molecule has 4 nitrogen and oxygen atoms in total. The first kappa shape index (κ1) is 13.0. The van der Waals surface area contributed by atoms with Crippen LogP contribution in [0.5, 0.6) is 0 Å². The molecule has 96 valence electrons. The fourth-order valence-corrected chi connectivity index (χ4v) is 2.63. The van der Waals surface area contributed by atoms with Crippen molar-refractivity contribution in [1.82, 2.24) is 19.7 Å². The molecule has 2 rings (SSSR count). The summed E-state index contributed by atoms with van der Waals surface area (Å²) in [5.41, 5.74) is 0.778. The van der Waals surface area contributed by atoms with E-state index in [9.17, 15) is 0 Å². The molecule has 0 aromatic carbocycles. The second-order valence-corrected chi connectivity index (χ2v) is 5.35. The summed E-state index contributed by atoms with van der Waals surface area (Å²) in [5.74, 6) is 0.805. The topological polar surface area (TPSA) is 46.5 Å². The van der Waals surface area contributed by atoms with E-state index < -0.39 is 0 Å². The zero-order valence-corrected chi connectivity index (χ0v) is 11.8. The Bertz CT molecular complexity index is 568. The minimum Gasteiger partial charge on any atom is -0.293 e. The van der Waals surface area contributed by atoms with Crippen LogP contribution in [0, 0.1) is 4.77 Å². The highest BCUT2D eigenvalue weighted by molar-refractivity contribution is 7.71. The standard InChI is InChI=1S/C13H18N4S/c1-4-8-13(2,3)17-11(15-16-12(17)18)10-7-5-6-9-14-10/h5-7,9H,4,8H2,1-3H3,(H,16,18). The van der Waals surface area contributed by atoms with Gasteiger partial charge in [-0.2, -0.15) is 5.10 Å². The predicted octanol–water partition coefficient (Wildman–Crippen LogP) is 3.54. The summed E-state index contributed by atoms with van der Waals surface area (Å²) in [6, 6.07) is 5.80. The molecule has 0 atom stereocenters. The zero-order valence-electron chi connectivity index (χ0n) is 11.0. The van der Waals surface area contributed by atoms with E-state index in [0.717, 1.165) is 24.4 Å². The minimum atomic E-state index is -0.0638. The van der Waals surface area contributed by atoms with Crippen LogP contribution >= 0.6 is 12.2 Å². The number of nitrogens with zero attached hydrogens (tertiary/aromatic N) is 3. The number of hydrogen-bond donors (Lipinski definition) is 1. The summed E-state index contributed by atoms with van der Waals surface area (Å²) in [5, 5.41) is 7.19. The molecule has 0 unspecified atom stereocenters. The summed E-state index contributed by atoms with van der Waals surface area (Å²) in [4.78, 5) is 4.35. The van der Waals surface area contributed by atoms with Gasteiger partial charge in [0.25, 0.3) is 0 Å². The van der Waals surface area contributed by atoms with Gasteiger partial charge in [0.05, 0.1) is 0 Å². The molecule has 2 heterocycles. The number of hydrogen-bond acceptors (Lipinski definition) is 3. The van der Waals surface area contributed by atoms with Gasteiger partial charge in [-0.15, -0.1) is 0 Å². The Morgan fingerprint density at radius 3 is 2.78 bits per heavy atom. The van der Waals surface area contributed by atoms with Crippen LogP contribution in [0.15, 0.2) is 24.4 Å². The Morgan fingerprint density at radius 2 is 2.17 bits per heavy atom. The number of aromatic amines is 1. The van der Waals surface area contributed by atoms with Crippen molar-refractivity contribution in [3.05, 3.63) is 29.2 Å². The first-order valence-corrected chi connectivity index (χ1v) is 6.56. The van der Waals surface area contributed by atoms with Crippen molar-refractivity contribution in [3.63, 3.8) is 0 Å². The maximum atomic E-state index is 5.35. The molecule has 0 spiro atoms. The lowest BCUT2D eigenvalue weighted by atomic mass is 9.98. The van der Waals surface area contributed by atoms with Crippen LogP contribution < -0.4 is 0 Å². The third-order valence-corrected chi connectivity index (χ3v) is 3.31. The van der Waals surface area contributed by atoms with Gasteiger partial charge < -0.3 is 0 Å². The summed E-state index contributed by atoms with van der Waals surface area (Å²) >= 11 is 5.35. The van der Waals surface area contributed by atoms with Crippen molar-refractivity contribution >= 4 is 12.2 Å². The fraction of sp³-hybridized carbons (Fsp3) is 0.462. The lowest BCUT2D eigenvalue weighted by Crippen LogP contribution is -2.27. The number of rotatable bonds is 4. The van der Waals surface area contributed by atoms with E-state index in [4.69, 9.17) is 12.2 Å². The highest BCUT2D eigenvalue weighted by Gasteiger charge is 2.24. The molecule has 0 fully saturated rings. The van der Waals surface area contributed by atoms with Gasteiger partial charge in [-0.05, 0) is 44.6 Å². The largest absolute Gasteiger partial charge is 0.293 e. The molecule has 0 saturated heterocycles. The van der Waals surface area contributed by atoms with Gasteiger partial charge in [-0.3, -0.25) is 14.6 Å². The lowest BCUT2D eigenvalue weighted by Gasteiger charge is -2.27. The SMILES string of the molecule is CCCC(C)(C)n1c(-c2ccccn2)n[nH]c1=S. The molecule has 0 aliphatic carbocycles. The lowest BCUT2D eigenvalue weighted by molar-refractivity contribution is 0.323. The number of aromatic nitrogens is 4. The molecule has 1 N–H and O–H groups in total. The molecule has 5 heteroatoms. The summed E-state index contributed by atoms with van der Waals surface area (Å²) in [6.07, 6.45) is 3.91.